The molecule has 0 saturated carbocycles. The van der Waals surface area contributed by atoms with E-state index in [0.29, 0.717) is 5.69 Å². The predicted molar refractivity (Wildman–Crippen MR) is 68.9 cm³/mol. The smallest absolute Gasteiger partial charge is 0.323 e. The second kappa shape index (κ2) is 7.00. The third-order valence-corrected chi connectivity index (χ3v) is 2.29. The third kappa shape index (κ3) is 4.66. The Labute approximate surface area is 110 Å². The summed E-state index contributed by atoms with van der Waals surface area (Å²) in [6.07, 6.45) is 0. The van der Waals surface area contributed by atoms with Crippen molar-refractivity contribution in [1.82, 2.24) is 10.6 Å². The van der Waals surface area contributed by atoms with Gasteiger partial charge < -0.3 is 15.7 Å². The molecule has 102 valence electrons. The van der Waals surface area contributed by atoms with E-state index in [9.17, 15) is 14.4 Å². The van der Waals surface area contributed by atoms with E-state index in [-0.39, 0.29) is 12.5 Å². The van der Waals surface area contributed by atoms with Crippen LogP contribution in [0.1, 0.15) is 0 Å². The average molecular weight is 265 g/mol. The van der Waals surface area contributed by atoms with Gasteiger partial charge in [-0.3, -0.25) is 14.5 Å². The molecule has 3 amide bonds. The van der Waals surface area contributed by atoms with Gasteiger partial charge in [0.05, 0.1) is 6.54 Å². The predicted octanol–water partition coefficient (Wildman–Crippen LogP) is 0.0332. The van der Waals surface area contributed by atoms with Crippen LogP contribution in [0.4, 0.5) is 10.5 Å². The topological polar surface area (TPSA) is 98.7 Å². The van der Waals surface area contributed by atoms with Gasteiger partial charge in [-0.05, 0) is 12.1 Å². The molecule has 0 aliphatic carbocycles. The number of carboxylic acids is 1. The molecule has 0 atom stereocenters. The van der Waals surface area contributed by atoms with E-state index in [0.717, 1.165) is 4.90 Å². The fourth-order valence-corrected chi connectivity index (χ4v) is 1.36. The largest absolute Gasteiger partial charge is 0.480 e. The number of hydrogen-bond acceptors (Lipinski definition) is 3. The molecule has 1 aromatic carbocycles. The van der Waals surface area contributed by atoms with E-state index in [4.69, 9.17) is 5.11 Å². The first kappa shape index (κ1) is 14.5. The summed E-state index contributed by atoms with van der Waals surface area (Å²) in [6, 6.07) is 7.72. The van der Waals surface area contributed by atoms with Gasteiger partial charge in [0.25, 0.3) is 0 Å². The zero-order valence-corrected chi connectivity index (χ0v) is 10.4. The molecule has 0 bridgehead atoms. The Hall–Kier alpha value is -2.57. The molecule has 1 aromatic rings. The first-order valence-electron chi connectivity index (χ1n) is 5.57. The number of carbonyl (C=O) groups excluding carboxylic acids is 2. The van der Waals surface area contributed by atoms with Crippen molar-refractivity contribution in [2.45, 2.75) is 0 Å². The van der Waals surface area contributed by atoms with E-state index in [2.05, 4.69) is 10.6 Å². The fourth-order valence-electron chi connectivity index (χ4n) is 1.36. The van der Waals surface area contributed by atoms with Gasteiger partial charge >= 0.3 is 12.0 Å². The van der Waals surface area contributed by atoms with E-state index in [1.807, 2.05) is 0 Å². The number of likely N-dealkylation sites (N-methyl/N-ethyl adjacent to an activating group) is 1. The second-order valence-corrected chi connectivity index (χ2v) is 3.65. The highest BCUT2D eigenvalue weighted by Crippen LogP contribution is 2.12. The van der Waals surface area contributed by atoms with Crippen LogP contribution in [0, 0.1) is 0 Å². The molecule has 0 spiro atoms. The number of amides is 3. The van der Waals surface area contributed by atoms with Gasteiger partial charge in [0.1, 0.15) is 6.54 Å². The van der Waals surface area contributed by atoms with Crippen LogP contribution in [0.5, 0.6) is 0 Å². The van der Waals surface area contributed by atoms with Crippen molar-refractivity contribution in [3.63, 3.8) is 0 Å². The van der Waals surface area contributed by atoms with Gasteiger partial charge in [0.15, 0.2) is 0 Å². The number of nitrogens with zero attached hydrogens (tertiary/aromatic N) is 1. The fraction of sp³-hybridized carbons (Fsp3) is 0.250. The van der Waals surface area contributed by atoms with Crippen LogP contribution in [0.3, 0.4) is 0 Å². The number of aliphatic carboxylic acids is 1. The molecule has 0 aliphatic heterocycles. The van der Waals surface area contributed by atoms with Crippen molar-refractivity contribution >= 4 is 23.6 Å². The summed E-state index contributed by atoms with van der Waals surface area (Å²) >= 11 is 0. The highest BCUT2D eigenvalue weighted by molar-refractivity contribution is 5.97. The Morgan fingerprint density at radius 2 is 1.84 bits per heavy atom. The summed E-state index contributed by atoms with van der Waals surface area (Å²) in [4.78, 5) is 34.7. The molecule has 0 aromatic heterocycles. The van der Waals surface area contributed by atoms with Crippen LogP contribution < -0.4 is 15.5 Å². The van der Waals surface area contributed by atoms with Crippen molar-refractivity contribution in [3.8, 4) is 0 Å². The summed E-state index contributed by atoms with van der Waals surface area (Å²) < 4.78 is 0. The van der Waals surface area contributed by atoms with Crippen molar-refractivity contribution in [1.29, 1.82) is 0 Å². The number of para-hydroxylation sites is 1. The Balaban J connectivity index is 2.77. The quantitative estimate of drug-likeness (QED) is 0.699. The molecule has 0 unspecified atom stereocenters. The lowest BCUT2D eigenvalue weighted by molar-refractivity contribution is -0.135. The van der Waals surface area contributed by atoms with Crippen molar-refractivity contribution in [2.24, 2.45) is 0 Å². The molecule has 0 aliphatic rings. The van der Waals surface area contributed by atoms with Gasteiger partial charge in [-0.1, -0.05) is 18.2 Å². The van der Waals surface area contributed by atoms with Gasteiger partial charge in [-0.2, -0.15) is 0 Å². The van der Waals surface area contributed by atoms with Crippen LogP contribution in [-0.2, 0) is 9.59 Å². The molecular weight excluding hydrogens is 250 g/mol. The molecule has 19 heavy (non-hydrogen) atoms. The zero-order valence-electron chi connectivity index (χ0n) is 10.4. The number of nitrogens with one attached hydrogen (secondary N) is 2. The minimum Gasteiger partial charge on any atom is -0.480 e. The maximum Gasteiger partial charge on any atom is 0.323 e. The number of carboxylic acid groups (broad SMARTS) is 1. The van der Waals surface area contributed by atoms with Crippen LogP contribution in [0.25, 0.3) is 0 Å². The number of hydrogen-bond donors (Lipinski definition) is 3. The van der Waals surface area contributed by atoms with Crippen LogP contribution in [0.15, 0.2) is 30.3 Å². The minimum atomic E-state index is -1.14. The maximum absolute atomic E-state index is 11.9. The average Bonchev–Trinajstić information content (AvgIpc) is 2.42. The van der Waals surface area contributed by atoms with E-state index in [1.165, 1.54) is 7.05 Å². The third-order valence-electron chi connectivity index (χ3n) is 2.29. The van der Waals surface area contributed by atoms with Gasteiger partial charge in [0, 0.05) is 12.7 Å². The highest BCUT2D eigenvalue weighted by Gasteiger charge is 2.18. The standard InChI is InChI=1S/C12H15N3O4/c1-13-10(16)7-14-12(19)15(8-11(17)18)9-5-3-2-4-6-9/h2-6H,7-8H2,1H3,(H,13,16)(H,14,19)(H,17,18). The number of rotatable bonds is 5. The molecule has 3 N–H and O–H groups in total. The van der Waals surface area contributed by atoms with Crippen LogP contribution >= 0.6 is 0 Å². The zero-order chi connectivity index (χ0) is 14.3. The molecule has 0 fully saturated rings. The molecule has 7 nitrogen and oxygen atoms in total. The number of carbonyl (C=O) groups is 3. The number of anilines is 1. The maximum atomic E-state index is 11.9. The van der Waals surface area contributed by atoms with E-state index in [1.54, 1.807) is 30.3 Å². The Bertz CT molecular complexity index is 461. The van der Waals surface area contributed by atoms with Gasteiger partial charge in [0.2, 0.25) is 5.91 Å². The lowest BCUT2D eigenvalue weighted by atomic mass is 10.3. The summed E-state index contributed by atoms with van der Waals surface area (Å²) in [7, 11) is 1.45. The Morgan fingerprint density at radius 1 is 1.21 bits per heavy atom. The molecule has 7 heteroatoms. The van der Waals surface area contributed by atoms with Gasteiger partial charge in [-0.25, -0.2) is 4.79 Å². The summed E-state index contributed by atoms with van der Waals surface area (Å²) in [5.74, 6) is -1.50. The lowest BCUT2D eigenvalue weighted by Crippen LogP contribution is -2.46. The summed E-state index contributed by atoms with van der Waals surface area (Å²) in [5.41, 5.74) is 0.444. The first-order valence-corrected chi connectivity index (χ1v) is 5.57. The normalized spacial score (nSPS) is 9.53. The SMILES string of the molecule is CNC(=O)CNC(=O)N(CC(=O)O)c1ccccc1. The summed E-state index contributed by atoms with van der Waals surface area (Å²) in [5, 5.41) is 13.5. The van der Waals surface area contributed by atoms with Crippen LogP contribution in [0.2, 0.25) is 0 Å². The monoisotopic (exact) mass is 265 g/mol. The van der Waals surface area contributed by atoms with E-state index < -0.39 is 18.5 Å². The molecule has 0 heterocycles. The highest BCUT2D eigenvalue weighted by atomic mass is 16.4. The molecule has 0 radical (unpaired) electrons. The van der Waals surface area contributed by atoms with E-state index >= 15 is 0 Å². The van der Waals surface area contributed by atoms with Crippen molar-refractivity contribution < 1.29 is 19.5 Å². The molecule has 1 rings (SSSR count). The number of urea groups is 1. The lowest BCUT2D eigenvalue weighted by Gasteiger charge is -2.21. The first-order chi connectivity index (χ1) is 9.04. The Kier molecular flexibility index (Phi) is 5.34. The minimum absolute atomic E-state index is 0.210. The van der Waals surface area contributed by atoms with Crippen LogP contribution in [-0.4, -0.2) is 43.2 Å². The van der Waals surface area contributed by atoms with Crippen molar-refractivity contribution in [3.05, 3.63) is 30.3 Å². The molecule has 0 saturated heterocycles. The summed E-state index contributed by atoms with van der Waals surface area (Å²) in [6.45, 7) is -0.693. The molecular formula is C12H15N3O4. The second-order valence-electron chi connectivity index (χ2n) is 3.65. The van der Waals surface area contributed by atoms with Crippen molar-refractivity contribution in [2.75, 3.05) is 25.0 Å². The Morgan fingerprint density at radius 3 is 2.37 bits per heavy atom. The number of benzene rings is 1. The van der Waals surface area contributed by atoms with Gasteiger partial charge in [-0.15, -0.1) is 0 Å².